The Morgan fingerprint density at radius 2 is 2.25 bits per heavy atom. The molecule has 3 N–H and O–H groups in total. The Balaban J connectivity index is 2.20. The summed E-state index contributed by atoms with van der Waals surface area (Å²) < 4.78 is 0. The van der Waals surface area contributed by atoms with Gasteiger partial charge in [-0.25, -0.2) is 0 Å². The third-order valence-corrected chi connectivity index (χ3v) is 3.44. The lowest BCUT2D eigenvalue weighted by atomic mass is 10.1. The number of amides is 1. The first-order chi connectivity index (χ1) is 7.67. The summed E-state index contributed by atoms with van der Waals surface area (Å²) in [5, 5.41) is 15.3. The minimum atomic E-state index is 0.0536. The Bertz CT molecular complexity index is 221. The summed E-state index contributed by atoms with van der Waals surface area (Å²) in [5.74, 6) is 0.384. The molecule has 0 aromatic carbocycles. The molecular formula is C12H24N2O2. The van der Waals surface area contributed by atoms with Crippen molar-refractivity contribution in [2.45, 2.75) is 51.6 Å². The normalized spacial score (nSPS) is 26.7. The second kappa shape index (κ2) is 6.86. The lowest BCUT2D eigenvalue weighted by Gasteiger charge is -2.19. The second-order valence-electron chi connectivity index (χ2n) is 4.74. The fourth-order valence-corrected chi connectivity index (χ4v) is 2.18. The Hall–Kier alpha value is -0.610. The summed E-state index contributed by atoms with van der Waals surface area (Å²) in [4.78, 5) is 11.5. The molecule has 4 nitrogen and oxygen atoms in total. The van der Waals surface area contributed by atoms with Crippen molar-refractivity contribution in [2.75, 3.05) is 13.2 Å². The Morgan fingerprint density at radius 1 is 1.50 bits per heavy atom. The maximum absolute atomic E-state index is 11.5. The third-order valence-electron chi connectivity index (χ3n) is 3.44. The first-order valence-corrected chi connectivity index (χ1v) is 6.31. The van der Waals surface area contributed by atoms with Crippen LogP contribution in [0.4, 0.5) is 0 Å². The molecule has 0 aliphatic heterocycles. The van der Waals surface area contributed by atoms with Gasteiger partial charge >= 0.3 is 0 Å². The third kappa shape index (κ3) is 4.10. The molecular weight excluding hydrogens is 204 g/mol. The minimum absolute atomic E-state index is 0.0536. The summed E-state index contributed by atoms with van der Waals surface area (Å²) >= 11 is 0. The van der Waals surface area contributed by atoms with Gasteiger partial charge in [-0.05, 0) is 32.1 Å². The van der Waals surface area contributed by atoms with Crippen LogP contribution in [0, 0.1) is 5.92 Å². The highest BCUT2D eigenvalue weighted by atomic mass is 16.3. The van der Waals surface area contributed by atoms with E-state index in [0.29, 0.717) is 18.5 Å². The molecule has 1 aliphatic carbocycles. The molecule has 0 aromatic heterocycles. The Kier molecular flexibility index (Phi) is 5.77. The van der Waals surface area contributed by atoms with E-state index in [9.17, 15) is 4.79 Å². The summed E-state index contributed by atoms with van der Waals surface area (Å²) in [7, 11) is 0. The van der Waals surface area contributed by atoms with Gasteiger partial charge in [0.25, 0.3) is 0 Å². The van der Waals surface area contributed by atoms with E-state index >= 15 is 0 Å². The largest absolute Gasteiger partial charge is 0.396 e. The monoisotopic (exact) mass is 228 g/mol. The molecule has 1 saturated carbocycles. The van der Waals surface area contributed by atoms with E-state index in [-0.39, 0.29) is 18.6 Å². The maximum Gasteiger partial charge on any atom is 0.234 e. The zero-order valence-corrected chi connectivity index (χ0v) is 10.3. The number of nitrogens with one attached hydrogen (secondary N) is 2. The van der Waals surface area contributed by atoms with Crippen LogP contribution in [0.2, 0.25) is 0 Å². The molecule has 0 radical (unpaired) electrons. The average molecular weight is 228 g/mol. The van der Waals surface area contributed by atoms with Gasteiger partial charge in [0.2, 0.25) is 5.91 Å². The molecule has 0 heterocycles. The van der Waals surface area contributed by atoms with Gasteiger partial charge in [0, 0.05) is 18.7 Å². The molecule has 94 valence electrons. The van der Waals surface area contributed by atoms with E-state index in [1.165, 1.54) is 0 Å². The zero-order chi connectivity index (χ0) is 12.0. The van der Waals surface area contributed by atoms with E-state index in [2.05, 4.69) is 17.6 Å². The molecule has 1 amide bonds. The van der Waals surface area contributed by atoms with Gasteiger partial charge in [-0.3, -0.25) is 4.79 Å². The van der Waals surface area contributed by atoms with Gasteiger partial charge in [-0.2, -0.15) is 0 Å². The fourth-order valence-electron chi connectivity index (χ4n) is 2.18. The Labute approximate surface area is 97.8 Å². The van der Waals surface area contributed by atoms with Crippen molar-refractivity contribution in [1.29, 1.82) is 0 Å². The molecule has 4 heteroatoms. The lowest BCUT2D eigenvalue weighted by molar-refractivity contribution is -0.121. The van der Waals surface area contributed by atoms with Gasteiger partial charge in [0.05, 0.1) is 6.54 Å². The summed E-state index contributed by atoms with van der Waals surface area (Å²) in [6, 6.07) is 0.555. The lowest BCUT2D eigenvalue weighted by Crippen LogP contribution is -2.43. The number of rotatable bonds is 6. The average Bonchev–Trinajstić information content (AvgIpc) is 2.73. The summed E-state index contributed by atoms with van der Waals surface area (Å²) in [5.41, 5.74) is 0. The van der Waals surface area contributed by atoms with E-state index in [0.717, 1.165) is 25.7 Å². The fraction of sp³-hybridized carbons (Fsp3) is 0.917. The number of carbonyl (C=O) groups excluding carboxylic acids is 1. The first-order valence-electron chi connectivity index (χ1n) is 6.31. The molecule has 0 bridgehead atoms. The molecule has 3 atom stereocenters. The van der Waals surface area contributed by atoms with Gasteiger partial charge < -0.3 is 15.7 Å². The van der Waals surface area contributed by atoms with Crippen molar-refractivity contribution in [3.63, 3.8) is 0 Å². The van der Waals surface area contributed by atoms with Crippen LogP contribution in [0.15, 0.2) is 0 Å². The topological polar surface area (TPSA) is 61.4 Å². The molecule has 1 rings (SSSR count). The molecule has 3 unspecified atom stereocenters. The van der Waals surface area contributed by atoms with Crippen molar-refractivity contribution in [1.82, 2.24) is 10.6 Å². The smallest absolute Gasteiger partial charge is 0.234 e. The number of hydrogen-bond acceptors (Lipinski definition) is 3. The van der Waals surface area contributed by atoms with Crippen LogP contribution in [0.25, 0.3) is 0 Å². The van der Waals surface area contributed by atoms with E-state index in [4.69, 9.17) is 5.11 Å². The van der Waals surface area contributed by atoms with Crippen molar-refractivity contribution in [3.05, 3.63) is 0 Å². The highest BCUT2D eigenvalue weighted by molar-refractivity contribution is 5.78. The maximum atomic E-state index is 11.5. The van der Waals surface area contributed by atoms with E-state index in [1.807, 2.05) is 6.92 Å². The van der Waals surface area contributed by atoms with E-state index in [1.54, 1.807) is 0 Å². The van der Waals surface area contributed by atoms with Gasteiger partial charge in [0.15, 0.2) is 0 Å². The van der Waals surface area contributed by atoms with Crippen LogP contribution in [0.1, 0.15) is 39.5 Å². The first kappa shape index (κ1) is 13.5. The molecule has 0 spiro atoms. The summed E-state index contributed by atoms with van der Waals surface area (Å²) in [6.07, 6.45) is 4.24. The van der Waals surface area contributed by atoms with Crippen LogP contribution in [0.3, 0.4) is 0 Å². The highest BCUT2D eigenvalue weighted by Crippen LogP contribution is 2.24. The van der Waals surface area contributed by atoms with E-state index < -0.39 is 0 Å². The van der Waals surface area contributed by atoms with Crippen molar-refractivity contribution in [2.24, 2.45) is 5.92 Å². The summed E-state index contributed by atoms with van der Waals surface area (Å²) in [6.45, 7) is 4.65. The van der Waals surface area contributed by atoms with Gasteiger partial charge in [-0.1, -0.05) is 13.3 Å². The second-order valence-corrected chi connectivity index (χ2v) is 4.74. The molecule has 1 aliphatic rings. The molecule has 0 aromatic rings. The molecule has 1 fully saturated rings. The van der Waals surface area contributed by atoms with Crippen LogP contribution in [-0.4, -0.2) is 36.2 Å². The standard InChI is InChI=1S/C12H24N2O2/c1-3-9(2)14-12(16)7-13-11-6-4-5-10(11)8-15/h9-11,13,15H,3-8H2,1-2H3,(H,14,16). The quantitative estimate of drug-likeness (QED) is 0.625. The van der Waals surface area contributed by atoms with Crippen molar-refractivity contribution >= 4 is 5.91 Å². The van der Waals surface area contributed by atoms with Gasteiger partial charge in [0.1, 0.15) is 0 Å². The number of aliphatic hydroxyl groups is 1. The minimum Gasteiger partial charge on any atom is -0.396 e. The SMILES string of the molecule is CCC(C)NC(=O)CNC1CCCC1CO. The van der Waals surface area contributed by atoms with Crippen LogP contribution in [-0.2, 0) is 4.79 Å². The van der Waals surface area contributed by atoms with Crippen molar-refractivity contribution < 1.29 is 9.90 Å². The highest BCUT2D eigenvalue weighted by Gasteiger charge is 2.26. The number of carbonyl (C=O) groups is 1. The number of hydrogen-bond donors (Lipinski definition) is 3. The molecule has 0 saturated heterocycles. The van der Waals surface area contributed by atoms with Crippen LogP contribution in [0.5, 0.6) is 0 Å². The molecule has 16 heavy (non-hydrogen) atoms. The number of aliphatic hydroxyl groups excluding tert-OH is 1. The van der Waals surface area contributed by atoms with Crippen LogP contribution >= 0.6 is 0 Å². The van der Waals surface area contributed by atoms with Gasteiger partial charge in [-0.15, -0.1) is 0 Å². The Morgan fingerprint density at radius 3 is 2.88 bits per heavy atom. The van der Waals surface area contributed by atoms with Crippen LogP contribution < -0.4 is 10.6 Å². The predicted molar refractivity (Wildman–Crippen MR) is 64.1 cm³/mol. The zero-order valence-electron chi connectivity index (χ0n) is 10.3. The predicted octanol–water partition coefficient (Wildman–Crippen LogP) is 0.652. The van der Waals surface area contributed by atoms with Crippen molar-refractivity contribution in [3.8, 4) is 0 Å².